The van der Waals surface area contributed by atoms with Crippen molar-refractivity contribution in [1.82, 2.24) is 4.31 Å². The van der Waals surface area contributed by atoms with Crippen LogP contribution in [-0.2, 0) is 10.0 Å². The lowest BCUT2D eigenvalue weighted by atomic mass is 9.92. The molecule has 0 bridgehead atoms. The number of rotatable bonds is 3. The monoisotopic (exact) mass is 396 g/mol. The Balaban J connectivity index is 0.00000220. The Morgan fingerprint density at radius 3 is 2.38 bits per heavy atom. The lowest BCUT2D eigenvalue weighted by Crippen LogP contribution is -2.42. The summed E-state index contributed by atoms with van der Waals surface area (Å²) < 4.78 is 27.8. The molecule has 2 N–H and O–H groups in total. The second-order valence-electron chi connectivity index (χ2n) is 5.51. The first-order chi connectivity index (χ1) is 9.32. The van der Waals surface area contributed by atoms with Crippen LogP contribution in [0.4, 0.5) is 0 Å². The van der Waals surface area contributed by atoms with E-state index < -0.39 is 10.0 Å². The summed E-state index contributed by atoms with van der Waals surface area (Å²) >= 11 is 3.36. The number of hydrogen-bond donors (Lipinski definition) is 1. The number of benzene rings is 1. The quantitative estimate of drug-likeness (QED) is 0.853. The first-order valence-corrected chi connectivity index (χ1v) is 9.07. The third kappa shape index (κ3) is 4.20. The van der Waals surface area contributed by atoms with Crippen molar-refractivity contribution in [2.45, 2.75) is 37.6 Å². The fourth-order valence-electron chi connectivity index (χ4n) is 2.68. The Morgan fingerprint density at radius 2 is 1.90 bits per heavy atom. The van der Waals surface area contributed by atoms with Gasteiger partial charge in [-0.05, 0) is 56.4 Å². The van der Waals surface area contributed by atoms with Crippen molar-refractivity contribution < 1.29 is 8.42 Å². The smallest absolute Gasteiger partial charge is 0.243 e. The summed E-state index contributed by atoms with van der Waals surface area (Å²) in [4.78, 5) is 0.403. The molecule has 120 valence electrons. The molecule has 4 nitrogen and oxygen atoms in total. The van der Waals surface area contributed by atoms with Crippen LogP contribution in [0.5, 0.6) is 0 Å². The van der Waals surface area contributed by atoms with Crippen LogP contribution in [0.2, 0.25) is 0 Å². The van der Waals surface area contributed by atoms with Gasteiger partial charge in [-0.3, -0.25) is 0 Å². The first-order valence-electron chi connectivity index (χ1n) is 6.84. The summed E-state index contributed by atoms with van der Waals surface area (Å²) in [6.07, 6.45) is 1.68. The number of sulfonamides is 1. The van der Waals surface area contributed by atoms with Crippen LogP contribution in [0.15, 0.2) is 27.6 Å². The molecule has 1 unspecified atom stereocenters. The molecule has 1 fully saturated rings. The second-order valence-corrected chi connectivity index (χ2v) is 8.33. The Hall–Kier alpha value is -0.140. The van der Waals surface area contributed by atoms with E-state index in [-0.39, 0.29) is 18.4 Å². The molecule has 1 aliphatic rings. The van der Waals surface area contributed by atoms with Gasteiger partial charge in [0.25, 0.3) is 0 Å². The zero-order valence-electron chi connectivity index (χ0n) is 12.3. The maximum atomic E-state index is 12.7. The highest BCUT2D eigenvalue weighted by Crippen LogP contribution is 2.27. The fourth-order valence-corrected chi connectivity index (χ4v) is 4.83. The maximum Gasteiger partial charge on any atom is 0.243 e. The van der Waals surface area contributed by atoms with Gasteiger partial charge in [0.05, 0.1) is 4.90 Å². The molecule has 0 spiro atoms. The number of piperidine rings is 1. The van der Waals surface area contributed by atoms with Crippen LogP contribution in [0.3, 0.4) is 0 Å². The zero-order valence-corrected chi connectivity index (χ0v) is 15.5. The van der Waals surface area contributed by atoms with Gasteiger partial charge in [0.1, 0.15) is 0 Å². The molecular formula is C14H22BrClN2O2S. The summed E-state index contributed by atoms with van der Waals surface area (Å²) in [6, 6.07) is 5.41. The molecule has 0 amide bonds. The van der Waals surface area contributed by atoms with Gasteiger partial charge in [-0.15, -0.1) is 12.4 Å². The highest BCUT2D eigenvalue weighted by Gasteiger charge is 2.31. The van der Waals surface area contributed by atoms with Gasteiger partial charge in [-0.25, -0.2) is 8.42 Å². The second kappa shape index (κ2) is 7.42. The summed E-state index contributed by atoms with van der Waals surface area (Å²) in [7, 11) is -3.39. The van der Waals surface area contributed by atoms with Gasteiger partial charge < -0.3 is 5.73 Å². The molecule has 1 saturated heterocycles. The van der Waals surface area contributed by atoms with Gasteiger partial charge in [0.15, 0.2) is 0 Å². The minimum absolute atomic E-state index is 0. The largest absolute Gasteiger partial charge is 0.328 e. The van der Waals surface area contributed by atoms with E-state index in [2.05, 4.69) is 15.9 Å². The van der Waals surface area contributed by atoms with Gasteiger partial charge in [0, 0.05) is 23.6 Å². The summed E-state index contributed by atoms with van der Waals surface area (Å²) in [6.45, 7) is 4.94. The third-order valence-electron chi connectivity index (χ3n) is 4.00. The van der Waals surface area contributed by atoms with E-state index in [1.54, 1.807) is 16.4 Å². The van der Waals surface area contributed by atoms with E-state index in [9.17, 15) is 8.42 Å². The Labute approximate surface area is 141 Å². The molecule has 1 aromatic carbocycles. The molecule has 1 heterocycles. The van der Waals surface area contributed by atoms with Crippen molar-refractivity contribution in [3.63, 3.8) is 0 Å². The number of aryl methyl sites for hydroxylation is 1. The van der Waals surface area contributed by atoms with Gasteiger partial charge in [-0.1, -0.05) is 15.9 Å². The van der Waals surface area contributed by atoms with Crippen LogP contribution in [0.1, 0.15) is 25.3 Å². The molecule has 0 aliphatic carbocycles. The molecular weight excluding hydrogens is 376 g/mol. The molecule has 21 heavy (non-hydrogen) atoms. The summed E-state index contributed by atoms with van der Waals surface area (Å²) in [5.74, 6) is 0.424. The number of hydrogen-bond acceptors (Lipinski definition) is 3. The minimum Gasteiger partial charge on any atom is -0.328 e. The van der Waals surface area contributed by atoms with Crippen molar-refractivity contribution in [3.8, 4) is 0 Å². The lowest BCUT2D eigenvalue weighted by Gasteiger charge is -2.33. The average Bonchev–Trinajstić information content (AvgIpc) is 2.38. The molecule has 0 radical (unpaired) electrons. The highest BCUT2D eigenvalue weighted by molar-refractivity contribution is 9.10. The van der Waals surface area contributed by atoms with Crippen LogP contribution < -0.4 is 5.73 Å². The normalized spacial score (nSPS) is 19.0. The van der Waals surface area contributed by atoms with Crippen LogP contribution in [-0.4, -0.2) is 31.9 Å². The zero-order chi connectivity index (χ0) is 14.9. The standard InChI is InChI=1S/C14H21BrN2O2S.ClH/c1-10-9-13(15)3-4-14(10)20(18,19)17-7-5-12(6-8-17)11(2)16;/h3-4,9,11-12H,5-8,16H2,1-2H3;1H. The summed E-state index contributed by atoms with van der Waals surface area (Å²) in [5, 5.41) is 0. The molecule has 2 rings (SSSR count). The minimum atomic E-state index is -3.39. The van der Waals surface area contributed by atoms with E-state index in [4.69, 9.17) is 5.73 Å². The number of halogens is 2. The molecule has 1 atom stereocenters. The van der Waals surface area contributed by atoms with Crippen molar-refractivity contribution >= 4 is 38.4 Å². The van der Waals surface area contributed by atoms with E-state index >= 15 is 0 Å². The number of nitrogens with two attached hydrogens (primary N) is 1. The van der Waals surface area contributed by atoms with E-state index in [0.717, 1.165) is 22.9 Å². The molecule has 0 aromatic heterocycles. The predicted octanol–water partition coefficient (Wildman–Crippen LogP) is 2.93. The van der Waals surface area contributed by atoms with Gasteiger partial charge in [-0.2, -0.15) is 4.31 Å². The van der Waals surface area contributed by atoms with Crippen molar-refractivity contribution in [3.05, 3.63) is 28.2 Å². The topological polar surface area (TPSA) is 63.4 Å². The number of nitrogens with zero attached hydrogens (tertiary/aromatic N) is 1. The van der Waals surface area contributed by atoms with Gasteiger partial charge >= 0.3 is 0 Å². The third-order valence-corrected chi connectivity index (χ3v) is 6.55. The van der Waals surface area contributed by atoms with Gasteiger partial charge in [0.2, 0.25) is 10.0 Å². The molecule has 0 saturated carbocycles. The first kappa shape index (κ1) is 18.9. The van der Waals surface area contributed by atoms with Crippen molar-refractivity contribution in [1.29, 1.82) is 0 Å². The SMILES string of the molecule is Cc1cc(Br)ccc1S(=O)(=O)N1CCC(C(C)N)CC1.Cl. The molecule has 7 heteroatoms. The van der Waals surface area contributed by atoms with Crippen LogP contribution in [0.25, 0.3) is 0 Å². The fraction of sp³-hybridized carbons (Fsp3) is 0.571. The van der Waals surface area contributed by atoms with E-state index in [0.29, 0.717) is 23.9 Å². The van der Waals surface area contributed by atoms with E-state index in [1.807, 2.05) is 19.9 Å². The maximum absolute atomic E-state index is 12.7. The summed E-state index contributed by atoms with van der Waals surface area (Å²) in [5.41, 5.74) is 6.67. The predicted molar refractivity (Wildman–Crippen MR) is 91.3 cm³/mol. The Morgan fingerprint density at radius 1 is 1.33 bits per heavy atom. The average molecular weight is 398 g/mol. The van der Waals surface area contributed by atoms with Crippen LogP contribution in [0, 0.1) is 12.8 Å². The lowest BCUT2D eigenvalue weighted by molar-refractivity contribution is 0.250. The molecule has 1 aromatic rings. The Bertz CT molecular complexity index is 585. The van der Waals surface area contributed by atoms with Crippen molar-refractivity contribution in [2.24, 2.45) is 11.7 Å². The Kier molecular flexibility index (Phi) is 6.68. The van der Waals surface area contributed by atoms with E-state index in [1.165, 1.54) is 0 Å². The van der Waals surface area contributed by atoms with Crippen molar-refractivity contribution in [2.75, 3.05) is 13.1 Å². The van der Waals surface area contributed by atoms with Crippen LogP contribution >= 0.6 is 28.3 Å². The molecule has 1 aliphatic heterocycles. The highest BCUT2D eigenvalue weighted by atomic mass is 79.9.